The van der Waals surface area contributed by atoms with Gasteiger partial charge in [0, 0.05) is 4.47 Å². The Balaban J connectivity index is 3.01. The van der Waals surface area contributed by atoms with Crippen molar-refractivity contribution in [3.8, 4) is 6.07 Å². The third-order valence-electron chi connectivity index (χ3n) is 3.03. The summed E-state index contributed by atoms with van der Waals surface area (Å²) in [6.07, 6.45) is 0.781. The normalized spacial score (nSPS) is 10.8. The number of halogens is 2. The fourth-order valence-electron chi connectivity index (χ4n) is 1.62. The number of nitrogens with one attached hydrogen (secondary N) is 1. The first-order chi connectivity index (χ1) is 8.49. The van der Waals surface area contributed by atoms with Gasteiger partial charge >= 0.3 is 0 Å². The summed E-state index contributed by atoms with van der Waals surface area (Å²) in [6.45, 7) is 3.53. The number of anilines is 1. The minimum Gasteiger partial charge on any atom is -0.322 e. The minimum absolute atomic E-state index is 0.0795. The van der Waals surface area contributed by atoms with E-state index in [-0.39, 0.29) is 5.69 Å². The molecule has 0 atom stereocenters. The summed E-state index contributed by atoms with van der Waals surface area (Å²) in [5, 5.41) is 11.6. The fraction of sp³-hybridized carbons (Fsp3) is 0.385. The van der Waals surface area contributed by atoms with E-state index in [0.29, 0.717) is 17.3 Å². The van der Waals surface area contributed by atoms with Crippen LogP contribution < -0.4 is 5.32 Å². The molecule has 0 fully saturated rings. The van der Waals surface area contributed by atoms with Crippen LogP contribution in [0.4, 0.5) is 10.1 Å². The van der Waals surface area contributed by atoms with E-state index in [0.717, 1.165) is 0 Å². The number of carbonyl (C=O) groups is 1. The van der Waals surface area contributed by atoms with Crippen molar-refractivity contribution in [2.24, 2.45) is 5.41 Å². The standard InChI is InChI=1S/C13H14BrFN2O/c1-3-13(4-2,8-16)12(18)17-11-7-9(14)5-6-10(11)15/h5-7H,3-4H2,1-2H3,(H,17,18). The van der Waals surface area contributed by atoms with Gasteiger partial charge in [0.15, 0.2) is 0 Å². The highest BCUT2D eigenvalue weighted by atomic mass is 79.9. The Labute approximate surface area is 114 Å². The van der Waals surface area contributed by atoms with Gasteiger partial charge in [-0.05, 0) is 31.0 Å². The molecule has 0 aliphatic heterocycles. The van der Waals surface area contributed by atoms with Crippen LogP contribution in [0.2, 0.25) is 0 Å². The molecule has 0 saturated heterocycles. The van der Waals surface area contributed by atoms with Crippen molar-refractivity contribution >= 4 is 27.5 Å². The summed E-state index contributed by atoms with van der Waals surface area (Å²) in [5.74, 6) is -0.988. The van der Waals surface area contributed by atoms with Crippen LogP contribution >= 0.6 is 15.9 Å². The lowest BCUT2D eigenvalue weighted by atomic mass is 9.83. The van der Waals surface area contributed by atoms with Crippen LogP contribution in [-0.4, -0.2) is 5.91 Å². The molecule has 0 heterocycles. The molecule has 0 aromatic heterocycles. The lowest BCUT2D eigenvalue weighted by Gasteiger charge is -2.22. The van der Waals surface area contributed by atoms with Gasteiger partial charge in [-0.1, -0.05) is 29.8 Å². The van der Waals surface area contributed by atoms with Crippen molar-refractivity contribution in [3.63, 3.8) is 0 Å². The van der Waals surface area contributed by atoms with E-state index in [1.54, 1.807) is 19.9 Å². The van der Waals surface area contributed by atoms with E-state index >= 15 is 0 Å². The Hall–Kier alpha value is -1.41. The Morgan fingerprint density at radius 1 is 1.50 bits per heavy atom. The summed E-state index contributed by atoms with van der Waals surface area (Å²) in [6, 6.07) is 6.30. The third kappa shape index (κ3) is 2.88. The molecule has 0 radical (unpaired) electrons. The van der Waals surface area contributed by atoms with Crippen molar-refractivity contribution in [1.29, 1.82) is 5.26 Å². The molecule has 3 nitrogen and oxygen atoms in total. The Kier molecular flexibility index (Phi) is 4.85. The summed E-state index contributed by atoms with van der Waals surface area (Å²) in [5.41, 5.74) is -1.02. The fourth-order valence-corrected chi connectivity index (χ4v) is 1.98. The number of carbonyl (C=O) groups excluding carboxylic acids is 1. The molecule has 0 bridgehead atoms. The van der Waals surface area contributed by atoms with Gasteiger partial charge in [-0.25, -0.2) is 4.39 Å². The van der Waals surface area contributed by atoms with Gasteiger partial charge in [-0.2, -0.15) is 5.26 Å². The lowest BCUT2D eigenvalue weighted by Crippen LogP contribution is -2.34. The average molecular weight is 313 g/mol. The van der Waals surface area contributed by atoms with Crippen molar-refractivity contribution in [2.45, 2.75) is 26.7 Å². The second kappa shape index (κ2) is 5.96. The number of nitrogens with zero attached hydrogens (tertiary/aromatic N) is 1. The van der Waals surface area contributed by atoms with Crippen LogP contribution in [-0.2, 0) is 4.79 Å². The monoisotopic (exact) mass is 312 g/mol. The Morgan fingerprint density at radius 3 is 2.61 bits per heavy atom. The first-order valence-electron chi connectivity index (χ1n) is 5.67. The molecule has 18 heavy (non-hydrogen) atoms. The summed E-state index contributed by atoms with van der Waals surface area (Å²) >= 11 is 3.20. The van der Waals surface area contributed by atoms with Crippen LogP contribution in [0.5, 0.6) is 0 Å². The maximum Gasteiger partial charge on any atom is 0.244 e. The van der Waals surface area contributed by atoms with E-state index in [4.69, 9.17) is 5.26 Å². The third-order valence-corrected chi connectivity index (χ3v) is 3.53. The molecular formula is C13H14BrFN2O. The van der Waals surface area contributed by atoms with E-state index in [1.807, 2.05) is 6.07 Å². The highest BCUT2D eigenvalue weighted by Crippen LogP contribution is 2.28. The summed E-state index contributed by atoms with van der Waals surface area (Å²) in [4.78, 5) is 12.1. The van der Waals surface area contributed by atoms with Gasteiger partial charge < -0.3 is 5.32 Å². The number of amides is 1. The molecule has 0 unspecified atom stereocenters. The zero-order chi connectivity index (χ0) is 13.8. The minimum atomic E-state index is -1.10. The molecular weight excluding hydrogens is 299 g/mol. The van der Waals surface area contributed by atoms with Crippen LogP contribution in [0.15, 0.2) is 22.7 Å². The van der Waals surface area contributed by atoms with Gasteiger partial charge in [0.2, 0.25) is 5.91 Å². The lowest BCUT2D eigenvalue weighted by molar-refractivity contribution is -0.123. The number of benzene rings is 1. The molecule has 1 aromatic carbocycles. The first kappa shape index (κ1) is 14.7. The Morgan fingerprint density at radius 2 is 2.11 bits per heavy atom. The smallest absolute Gasteiger partial charge is 0.244 e. The van der Waals surface area contributed by atoms with Gasteiger partial charge in [0.1, 0.15) is 11.2 Å². The highest BCUT2D eigenvalue weighted by Gasteiger charge is 2.35. The molecule has 0 spiro atoms. The largest absolute Gasteiger partial charge is 0.322 e. The molecule has 1 rings (SSSR count). The van der Waals surface area contributed by atoms with Crippen molar-refractivity contribution in [1.82, 2.24) is 0 Å². The topological polar surface area (TPSA) is 52.9 Å². The number of hydrogen-bond donors (Lipinski definition) is 1. The number of hydrogen-bond acceptors (Lipinski definition) is 2. The van der Waals surface area contributed by atoms with Crippen LogP contribution in [0.1, 0.15) is 26.7 Å². The van der Waals surface area contributed by atoms with E-state index in [2.05, 4.69) is 21.2 Å². The first-order valence-corrected chi connectivity index (χ1v) is 6.46. The average Bonchev–Trinajstić information content (AvgIpc) is 2.37. The second-order valence-electron chi connectivity index (χ2n) is 3.98. The Bertz CT molecular complexity index is 492. The van der Waals surface area contributed by atoms with Crippen LogP contribution in [0.3, 0.4) is 0 Å². The van der Waals surface area contributed by atoms with Crippen molar-refractivity contribution < 1.29 is 9.18 Å². The summed E-state index contributed by atoms with van der Waals surface area (Å²) in [7, 11) is 0. The molecule has 5 heteroatoms. The van der Waals surface area contributed by atoms with E-state index in [9.17, 15) is 9.18 Å². The SMILES string of the molecule is CCC(C#N)(CC)C(=O)Nc1cc(Br)ccc1F. The van der Waals surface area contributed by atoms with E-state index < -0.39 is 17.1 Å². The molecule has 0 saturated carbocycles. The highest BCUT2D eigenvalue weighted by molar-refractivity contribution is 9.10. The molecule has 0 aliphatic carbocycles. The van der Waals surface area contributed by atoms with Gasteiger partial charge in [-0.3, -0.25) is 4.79 Å². The predicted octanol–water partition coefficient (Wildman–Crippen LogP) is 3.86. The molecule has 1 N–H and O–H groups in total. The predicted molar refractivity (Wildman–Crippen MR) is 71.4 cm³/mol. The molecule has 1 aromatic rings. The van der Waals surface area contributed by atoms with Crippen molar-refractivity contribution in [3.05, 3.63) is 28.5 Å². The second-order valence-corrected chi connectivity index (χ2v) is 4.89. The maximum atomic E-state index is 13.5. The zero-order valence-corrected chi connectivity index (χ0v) is 11.8. The van der Waals surface area contributed by atoms with E-state index in [1.165, 1.54) is 12.1 Å². The quantitative estimate of drug-likeness (QED) is 0.918. The molecule has 1 amide bonds. The van der Waals surface area contributed by atoms with Gasteiger partial charge in [-0.15, -0.1) is 0 Å². The maximum absolute atomic E-state index is 13.5. The van der Waals surface area contributed by atoms with Gasteiger partial charge in [0.25, 0.3) is 0 Å². The van der Waals surface area contributed by atoms with Gasteiger partial charge in [0.05, 0.1) is 11.8 Å². The van der Waals surface area contributed by atoms with Crippen LogP contribution in [0.25, 0.3) is 0 Å². The molecule has 96 valence electrons. The summed E-state index contributed by atoms with van der Waals surface area (Å²) < 4.78 is 14.2. The number of rotatable bonds is 4. The number of nitriles is 1. The molecule has 0 aliphatic rings. The zero-order valence-electron chi connectivity index (χ0n) is 10.3. The van der Waals surface area contributed by atoms with Crippen molar-refractivity contribution in [2.75, 3.05) is 5.32 Å². The van der Waals surface area contributed by atoms with Crippen LogP contribution in [0, 0.1) is 22.6 Å².